The van der Waals surface area contributed by atoms with Gasteiger partial charge in [-0.05, 0) is 24.1 Å². The highest BCUT2D eigenvalue weighted by molar-refractivity contribution is 7.90. The summed E-state index contributed by atoms with van der Waals surface area (Å²) >= 11 is 0. The molecule has 0 fully saturated rings. The molecule has 1 rings (SSSR count). The summed E-state index contributed by atoms with van der Waals surface area (Å²) in [4.78, 5) is 10.4. The summed E-state index contributed by atoms with van der Waals surface area (Å²) in [7, 11) is -3.64. The zero-order valence-electron chi connectivity index (χ0n) is 10.8. The van der Waals surface area contributed by atoms with Gasteiger partial charge in [-0.1, -0.05) is 24.3 Å². The van der Waals surface area contributed by atoms with E-state index in [1.807, 2.05) is 0 Å². The number of sulfonamides is 1. The van der Waals surface area contributed by atoms with E-state index in [1.165, 1.54) is 13.0 Å². The summed E-state index contributed by atoms with van der Waals surface area (Å²) in [6, 6.07) is 8.38. The van der Waals surface area contributed by atoms with E-state index >= 15 is 0 Å². The van der Waals surface area contributed by atoms with Crippen molar-refractivity contribution in [3.63, 3.8) is 0 Å². The summed E-state index contributed by atoms with van der Waals surface area (Å²) in [6.07, 6.45) is 2.46. The minimum atomic E-state index is -3.64. The molecule has 0 saturated carbocycles. The number of hydrogen-bond donors (Lipinski definition) is 2. The van der Waals surface area contributed by atoms with Gasteiger partial charge in [0.25, 0.3) is 0 Å². The van der Waals surface area contributed by atoms with Gasteiger partial charge in [-0.3, -0.25) is 0 Å². The first-order valence-electron chi connectivity index (χ1n) is 5.73. The molecule has 1 unspecified atom stereocenters. The third-order valence-electron chi connectivity index (χ3n) is 2.52. The lowest BCUT2D eigenvalue weighted by Crippen LogP contribution is -2.31. The van der Waals surface area contributed by atoms with Gasteiger partial charge < -0.3 is 5.11 Å². The van der Waals surface area contributed by atoms with Crippen LogP contribution in [0.1, 0.15) is 18.1 Å². The number of hydrogen-bond acceptors (Lipinski definition) is 4. The van der Waals surface area contributed by atoms with Crippen LogP contribution in [0.5, 0.6) is 0 Å². The molecule has 0 radical (unpaired) electrons. The van der Waals surface area contributed by atoms with E-state index in [0.717, 1.165) is 6.08 Å². The molecule has 0 bridgehead atoms. The maximum Gasteiger partial charge on any atom is 0.328 e. The number of rotatable bonds is 6. The van der Waals surface area contributed by atoms with Crippen molar-refractivity contribution >= 4 is 22.1 Å². The minimum Gasteiger partial charge on any atom is -0.478 e. The Balaban J connectivity index is 2.68. The normalized spacial score (nSPS) is 13.0. The van der Waals surface area contributed by atoms with E-state index in [4.69, 9.17) is 10.4 Å². The van der Waals surface area contributed by atoms with Crippen molar-refractivity contribution in [3.05, 3.63) is 41.5 Å². The average molecular weight is 294 g/mol. The molecule has 0 heterocycles. The van der Waals surface area contributed by atoms with Gasteiger partial charge in [-0.15, -0.1) is 0 Å². The van der Waals surface area contributed by atoms with Crippen LogP contribution < -0.4 is 4.72 Å². The molecule has 20 heavy (non-hydrogen) atoms. The standard InChI is InChI=1S/C13H14N2O4S/c1-10(8-14)20(18,19)15-9-12-4-2-11(3-5-12)6-7-13(16)17/h2-7,10,15H,9H2,1H3,(H,16,17). The molecular formula is C13H14N2O4S. The molecular weight excluding hydrogens is 280 g/mol. The highest BCUT2D eigenvalue weighted by atomic mass is 32.2. The molecule has 1 aromatic carbocycles. The molecule has 0 amide bonds. The summed E-state index contributed by atoms with van der Waals surface area (Å²) in [5.74, 6) is -1.03. The fourth-order valence-electron chi connectivity index (χ4n) is 1.29. The zero-order chi connectivity index (χ0) is 15.2. The average Bonchev–Trinajstić information content (AvgIpc) is 2.43. The third kappa shape index (κ3) is 4.84. The number of benzene rings is 1. The lowest BCUT2D eigenvalue weighted by atomic mass is 10.1. The molecule has 0 aromatic heterocycles. The first-order valence-corrected chi connectivity index (χ1v) is 7.28. The number of carbonyl (C=O) groups is 1. The van der Waals surface area contributed by atoms with Gasteiger partial charge in [0.05, 0.1) is 6.07 Å². The summed E-state index contributed by atoms with van der Waals surface area (Å²) in [5.41, 5.74) is 1.41. The van der Waals surface area contributed by atoms with Crippen molar-refractivity contribution in [1.29, 1.82) is 5.26 Å². The Hall–Kier alpha value is -2.17. The van der Waals surface area contributed by atoms with E-state index in [9.17, 15) is 13.2 Å². The summed E-state index contributed by atoms with van der Waals surface area (Å²) in [5, 5.41) is 16.0. The predicted molar refractivity (Wildman–Crippen MR) is 73.9 cm³/mol. The van der Waals surface area contributed by atoms with E-state index < -0.39 is 21.2 Å². The second-order valence-electron chi connectivity index (χ2n) is 4.05. The second-order valence-corrected chi connectivity index (χ2v) is 6.14. The number of nitrogens with one attached hydrogen (secondary N) is 1. The Kier molecular flexibility index (Phi) is 5.43. The summed E-state index contributed by atoms with van der Waals surface area (Å²) in [6.45, 7) is 1.39. The molecule has 6 nitrogen and oxygen atoms in total. The van der Waals surface area contributed by atoms with Gasteiger partial charge in [-0.25, -0.2) is 17.9 Å². The number of nitrogens with zero attached hydrogens (tertiary/aromatic N) is 1. The smallest absolute Gasteiger partial charge is 0.328 e. The van der Waals surface area contributed by atoms with Crippen LogP contribution in [0.2, 0.25) is 0 Å². The van der Waals surface area contributed by atoms with Crippen LogP contribution in [0.15, 0.2) is 30.3 Å². The molecule has 0 saturated heterocycles. The highest BCUT2D eigenvalue weighted by Gasteiger charge is 2.19. The molecule has 106 valence electrons. The van der Waals surface area contributed by atoms with Crippen molar-refractivity contribution < 1.29 is 18.3 Å². The van der Waals surface area contributed by atoms with Gasteiger partial charge in [0.2, 0.25) is 10.0 Å². The second kappa shape index (κ2) is 6.84. The van der Waals surface area contributed by atoms with Gasteiger partial charge in [0, 0.05) is 12.6 Å². The number of aliphatic carboxylic acids is 1. The topological polar surface area (TPSA) is 107 Å². The largest absolute Gasteiger partial charge is 0.478 e. The molecule has 0 aliphatic rings. The van der Waals surface area contributed by atoms with Gasteiger partial charge >= 0.3 is 5.97 Å². The SMILES string of the molecule is CC(C#N)S(=O)(=O)NCc1ccc(C=CC(=O)O)cc1. The Labute approximate surface area is 117 Å². The molecule has 0 aliphatic heterocycles. The Morgan fingerprint density at radius 3 is 2.55 bits per heavy atom. The maximum atomic E-state index is 11.6. The Morgan fingerprint density at radius 1 is 1.45 bits per heavy atom. The Morgan fingerprint density at radius 2 is 2.05 bits per heavy atom. The lowest BCUT2D eigenvalue weighted by Gasteiger charge is -2.08. The summed E-state index contributed by atoms with van der Waals surface area (Å²) < 4.78 is 25.5. The molecule has 2 N–H and O–H groups in total. The van der Waals surface area contributed by atoms with Gasteiger partial charge in [0.1, 0.15) is 0 Å². The quantitative estimate of drug-likeness (QED) is 0.764. The zero-order valence-corrected chi connectivity index (χ0v) is 11.6. The molecule has 0 aliphatic carbocycles. The van der Waals surface area contributed by atoms with Crippen LogP contribution >= 0.6 is 0 Å². The lowest BCUT2D eigenvalue weighted by molar-refractivity contribution is -0.131. The van der Waals surface area contributed by atoms with Crippen molar-refractivity contribution in [2.45, 2.75) is 18.7 Å². The van der Waals surface area contributed by atoms with Gasteiger partial charge in [-0.2, -0.15) is 5.26 Å². The molecule has 7 heteroatoms. The van der Waals surface area contributed by atoms with Crippen LogP contribution in [0.4, 0.5) is 0 Å². The van der Waals surface area contributed by atoms with E-state index in [-0.39, 0.29) is 6.54 Å². The van der Waals surface area contributed by atoms with Gasteiger partial charge in [0.15, 0.2) is 5.25 Å². The number of carboxylic acids is 1. The minimum absolute atomic E-state index is 0.0806. The fourth-order valence-corrected chi connectivity index (χ4v) is 2.05. The molecule has 1 aromatic rings. The number of nitriles is 1. The van der Waals surface area contributed by atoms with Crippen LogP contribution in [0, 0.1) is 11.3 Å². The first-order chi connectivity index (χ1) is 9.35. The highest BCUT2D eigenvalue weighted by Crippen LogP contribution is 2.07. The predicted octanol–water partition coefficient (Wildman–Crippen LogP) is 1.12. The van der Waals surface area contributed by atoms with Crippen molar-refractivity contribution in [1.82, 2.24) is 4.72 Å². The maximum absolute atomic E-state index is 11.6. The van der Waals surface area contributed by atoms with Crippen LogP contribution in [0.25, 0.3) is 6.08 Å². The van der Waals surface area contributed by atoms with Crippen molar-refractivity contribution in [3.8, 4) is 6.07 Å². The monoisotopic (exact) mass is 294 g/mol. The third-order valence-corrected chi connectivity index (χ3v) is 4.11. The first kappa shape index (κ1) is 15.9. The van der Waals surface area contributed by atoms with Crippen LogP contribution in [0.3, 0.4) is 0 Å². The fraction of sp³-hybridized carbons (Fsp3) is 0.231. The van der Waals surface area contributed by atoms with E-state index in [1.54, 1.807) is 30.3 Å². The Bertz CT molecular complexity index is 642. The molecule has 0 spiro atoms. The number of carboxylic acid groups (broad SMARTS) is 1. The van der Waals surface area contributed by atoms with Crippen LogP contribution in [-0.4, -0.2) is 24.7 Å². The molecule has 1 atom stereocenters. The van der Waals surface area contributed by atoms with Crippen molar-refractivity contribution in [2.75, 3.05) is 0 Å². The van der Waals surface area contributed by atoms with Crippen LogP contribution in [-0.2, 0) is 21.4 Å². The van der Waals surface area contributed by atoms with Crippen molar-refractivity contribution in [2.24, 2.45) is 0 Å². The van der Waals surface area contributed by atoms with E-state index in [0.29, 0.717) is 11.1 Å². The van der Waals surface area contributed by atoms with E-state index in [2.05, 4.69) is 4.72 Å².